The largest absolute Gasteiger partial charge is 0.497 e. The average molecular weight is 462 g/mol. The molecule has 1 aliphatic rings. The number of nitrogens with two attached hydrogens (primary N) is 1. The zero-order chi connectivity index (χ0) is 24.0. The van der Waals surface area contributed by atoms with Gasteiger partial charge in [-0.2, -0.15) is 10.1 Å². The van der Waals surface area contributed by atoms with Gasteiger partial charge in [0, 0.05) is 50.5 Å². The van der Waals surface area contributed by atoms with Crippen molar-refractivity contribution in [2.45, 2.75) is 13.8 Å². The quantitative estimate of drug-likeness (QED) is 0.496. The van der Waals surface area contributed by atoms with Crippen LogP contribution < -0.4 is 20.3 Å². The Morgan fingerprint density at radius 1 is 1.00 bits per heavy atom. The number of aromatic nitrogens is 4. The average Bonchev–Trinajstić information content (AvgIpc) is 3.13. The highest BCUT2D eigenvalue weighted by atomic mass is 19.1. The summed E-state index contributed by atoms with van der Waals surface area (Å²) >= 11 is 0. The van der Waals surface area contributed by atoms with E-state index in [-0.39, 0.29) is 0 Å². The Morgan fingerprint density at radius 3 is 2.44 bits per heavy atom. The number of rotatable bonds is 4. The minimum absolute atomic E-state index is 0.336. The van der Waals surface area contributed by atoms with Crippen LogP contribution in [0.15, 0.2) is 36.4 Å². The van der Waals surface area contributed by atoms with Crippen LogP contribution in [-0.4, -0.2) is 53.0 Å². The molecule has 176 valence electrons. The van der Waals surface area contributed by atoms with Crippen LogP contribution in [0.2, 0.25) is 0 Å². The molecule has 0 bridgehead atoms. The van der Waals surface area contributed by atoms with E-state index in [9.17, 15) is 0 Å². The molecule has 3 heterocycles. The lowest BCUT2D eigenvalue weighted by atomic mass is 10.1. The smallest absolute Gasteiger partial charge is 0.228 e. The second-order valence-electron chi connectivity index (χ2n) is 8.62. The highest BCUT2D eigenvalue weighted by Gasteiger charge is 2.25. The third kappa shape index (κ3) is 3.67. The van der Waals surface area contributed by atoms with Gasteiger partial charge in [0.25, 0.3) is 0 Å². The number of nitrogens with zero attached hydrogens (tertiary/aromatic N) is 6. The summed E-state index contributed by atoms with van der Waals surface area (Å²) in [7, 11) is 3.25. The van der Waals surface area contributed by atoms with E-state index in [1.165, 1.54) is 30.0 Å². The monoisotopic (exact) mass is 461 g/mol. The van der Waals surface area contributed by atoms with Crippen LogP contribution in [0, 0.1) is 19.7 Å². The Balaban J connectivity index is 1.51. The van der Waals surface area contributed by atoms with Gasteiger partial charge in [-0.15, -0.1) is 0 Å². The number of piperazine rings is 1. The number of aryl methyl sites for hydroxylation is 2. The SMILES string of the molecule is COc1ccc(-c2nc(N3CCN(c4cccc(C)c4C)CC3)nc3nn(C)c(N)c23)c(F)c1. The number of halogens is 1. The standard InChI is InChI=1S/C25H28FN7O/c1-15-6-5-7-20(16(15)2)32-10-12-33(13-11-32)25-28-22(18-9-8-17(34-4)14-19(18)26)21-23(27)31(3)30-24(21)29-25/h5-9,14H,10-13,27H2,1-4H3. The van der Waals surface area contributed by atoms with E-state index in [4.69, 9.17) is 20.4 Å². The van der Waals surface area contributed by atoms with Crippen molar-refractivity contribution in [3.8, 4) is 17.0 Å². The number of ether oxygens (including phenoxy) is 1. The first-order valence-electron chi connectivity index (χ1n) is 11.3. The molecule has 34 heavy (non-hydrogen) atoms. The molecule has 1 fully saturated rings. The Bertz CT molecular complexity index is 1380. The van der Waals surface area contributed by atoms with Crippen molar-refractivity contribution in [3.05, 3.63) is 53.3 Å². The lowest BCUT2D eigenvalue weighted by Gasteiger charge is -2.37. The van der Waals surface area contributed by atoms with E-state index in [2.05, 4.69) is 46.9 Å². The number of methoxy groups -OCH3 is 1. The summed E-state index contributed by atoms with van der Waals surface area (Å²) in [6, 6.07) is 11.1. The van der Waals surface area contributed by atoms with Crippen LogP contribution >= 0.6 is 0 Å². The molecule has 5 rings (SSSR count). The first-order chi connectivity index (χ1) is 16.4. The third-order valence-corrected chi connectivity index (χ3v) is 6.64. The van der Waals surface area contributed by atoms with Crippen molar-refractivity contribution in [1.82, 2.24) is 19.7 Å². The molecule has 1 aliphatic heterocycles. The highest BCUT2D eigenvalue weighted by Crippen LogP contribution is 2.35. The molecular weight excluding hydrogens is 433 g/mol. The number of hydrogen-bond donors (Lipinski definition) is 1. The fourth-order valence-electron chi connectivity index (χ4n) is 4.48. The molecule has 8 nitrogen and oxygen atoms in total. The van der Waals surface area contributed by atoms with Gasteiger partial charge in [-0.3, -0.25) is 4.68 Å². The van der Waals surface area contributed by atoms with Gasteiger partial charge in [0.05, 0.1) is 18.2 Å². The molecule has 2 aromatic heterocycles. The molecule has 2 aromatic carbocycles. The van der Waals surface area contributed by atoms with E-state index in [0.717, 1.165) is 26.2 Å². The molecule has 0 atom stereocenters. The molecule has 0 spiro atoms. The van der Waals surface area contributed by atoms with Gasteiger partial charge in [-0.05, 0) is 43.2 Å². The van der Waals surface area contributed by atoms with Crippen LogP contribution in [-0.2, 0) is 7.05 Å². The maximum Gasteiger partial charge on any atom is 0.228 e. The van der Waals surface area contributed by atoms with Gasteiger partial charge in [-0.1, -0.05) is 12.1 Å². The number of benzene rings is 2. The van der Waals surface area contributed by atoms with Crippen molar-refractivity contribution in [2.24, 2.45) is 7.05 Å². The van der Waals surface area contributed by atoms with Crippen LogP contribution in [0.1, 0.15) is 11.1 Å². The molecule has 0 amide bonds. The van der Waals surface area contributed by atoms with Gasteiger partial charge < -0.3 is 20.3 Å². The molecule has 4 aromatic rings. The summed E-state index contributed by atoms with van der Waals surface area (Å²) in [5.41, 5.74) is 11.3. The van der Waals surface area contributed by atoms with Gasteiger partial charge in [0.1, 0.15) is 17.4 Å². The van der Waals surface area contributed by atoms with Crippen LogP contribution in [0.4, 0.5) is 21.8 Å². The lowest BCUT2D eigenvalue weighted by Crippen LogP contribution is -2.47. The molecular formula is C25H28FN7O. The van der Waals surface area contributed by atoms with Crippen LogP contribution in [0.3, 0.4) is 0 Å². The van der Waals surface area contributed by atoms with E-state index >= 15 is 4.39 Å². The summed E-state index contributed by atoms with van der Waals surface area (Å²) in [5, 5.41) is 5.00. The number of hydrogen-bond acceptors (Lipinski definition) is 7. The van der Waals surface area contributed by atoms with Crippen molar-refractivity contribution >= 4 is 28.5 Å². The molecule has 0 saturated carbocycles. The number of anilines is 3. The minimum atomic E-state index is -0.437. The van der Waals surface area contributed by atoms with Crippen molar-refractivity contribution < 1.29 is 9.13 Å². The first-order valence-corrected chi connectivity index (χ1v) is 11.3. The number of fused-ring (bicyclic) bond motifs is 1. The van der Waals surface area contributed by atoms with E-state index in [1.807, 2.05) is 0 Å². The predicted octanol–water partition coefficient (Wildman–Crippen LogP) is 3.70. The van der Waals surface area contributed by atoms with E-state index < -0.39 is 5.82 Å². The highest BCUT2D eigenvalue weighted by molar-refractivity contribution is 5.99. The Labute approximate surface area is 197 Å². The second-order valence-corrected chi connectivity index (χ2v) is 8.62. The molecule has 0 aliphatic carbocycles. The summed E-state index contributed by atoms with van der Waals surface area (Å²) in [5.74, 6) is 0.921. The maximum absolute atomic E-state index is 15.0. The fourth-order valence-corrected chi connectivity index (χ4v) is 4.48. The van der Waals surface area contributed by atoms with Gasteiger partial charge in [-0.25, -0.2) is 9.37 Å². The Kier molecular flexibility index (Phi) is 5.47. The van der Waals surface area contributed by atoms with Gasteiger partial charge in [0.15, 0.2) is 5.65 Å². The summed E-state index contributed by atoms with van der Waals surface area (Å²) in [4.78, 5) is 14.0. The molecule has 1 saturated heterocycles. The second kappa shape index (κ2) is 8.48. The lowest BCUT2D eigenvalue weighted by molar-refractivity contribution is 0.411. The molecule has 2 N–H and O–H groups in total. The zero-order valence-corrected chi connectivity index (χ0v) is 19.8. The Hall–Kier alpha value is -3.88. The molecule has 9 heteroatoms. The molecule has 0 radical (unpaired) electrons. The summed E-state index contributed by atoms with van der Waals surface area (Å²) < 4.78 is 21.7. The third-order valence-electron chi connectivity index (χ3n) is 6.64. The normalized spacial score (nSPS) is 14.1. The van der Waals surface area contributed by atoms with Crippen molar-refractivity contribution in [1.29, 1.82) is 0 Å². The van der Waals surface area contributed by atoms with Crippen molar-refractivity contribution in [3.63, 3.8) is 0 Å². The number of nitrogen functional groups attached to an aromatic ring is 1. The van der Waals surface area contributed by atoms with E-state index in [0.29, 0.717) is 39.8 Å². The topological polar surface area (TPSA) is 85.3 Å². The summed E-state index contributed by atoms with van der Waals surface area (Å²) in [6.45, 7) is 7.45. The Morgan fingerprint density at radius 2 is 1.74 bits per heavy atom. The minimum Gasteiger partial charge on any atom is -0.497 e. The van der Waals surface area contributed by atoms with Crippen LogP contribution in [0.25, 0.3) is 22.3 Å². The van der Waals surface area contributed by atoms with Crippen LogP contribution in [0.5, 0.6) is 5.75 Å². The zero-order valence-electron chi connectivity index (χ0n) is 19.8. The maximum atomic E-state index is 15.0. The molecule has 0 unspecified atom stereocenters. The predicted molar refractivity (Wildman–Crippen MR) is 133 cm³/mol. The fraction of sp³-hybridized carbons (Fsp3) is 0.320. The summed E-state index contributed by atoms with van der Waals surface area (Å²) in [6.07, 6.45) is 0. The first kappa shape index (κ1) is 21.9. The van der Waals surface area contributed by atoms with Gasteiger partial charge in [0.2, 0.25) is 5.95 Å². The van der Waals surface area contributed by atoms with Gasteiger partial charge >= 0.3 is 0 Å². The van der Waals surface area contributed by atoms with E-state index in [1.54, 1.807) is 23.9 Å². The van der Waals surface area contributed by atoms with Crippen molar-refractivity contribution in [2.75, 3.05) is 48.8 Å².